The predicted octanol–water partition coefficient (Wildman–Crippen LogP) is 3.25. The van der Waals surface area contributed by atoms with Crippen LogP contribution in [-0.2, 0) is 16.6 Å². The Kier molecular flexibility index (Phi) is 6.57. The molecule has 2 aromatic carbocycles. The molecule has 0 aliphatic rings. The average Bonchev–Trinajstić information content (AvgIpc) is 2.76. The number of aromatic nitrogens is 1. The van der Waals surface area contributed by atoms with Gasteiger partial charge in [0.05, 0.1) is 31.3 Å². The highest BCUT2D eigenvalue weighted by Gasteiger charge is 2.23. The van der Waals surface area contributed by atoms with Crippen LogP contribution in [0.5, 0.6) is 5.88 Å². The lowest BCUT2D eigenvalue weighted by Gasteiger charge is -2.15. The Balaban J connectivity index is 1.91. The summed E-state index contributed by atoms with van der Waals surface area (Å²) in [5.41, 5.74) is 3.24. The van der Waals surface area contributed by atoms with E-state index in [0.717, 1.165) is 11.1 Å². The van der Waals surface area contributed by atoms with E-state index in [1.54, 1.807) is 50.2 Å². The second-order valence-electron chi connectivity index (χ2n) is 6.91. The van der Waals surface area contributed by atoms with E-state index in [-0.39, 0.29) is 23.1 Å². The van der Waals surface area contributed by atoms with Crippen LogP contribution in [0.1, 0.15) is 27.0 Å². The zero-order chi connectivity index (χ0) is 22.6. The number of nitrogens with zero attached hydrogens (tertiary/aromatic N) is 1. The highest BCUT2D eigenvalue weighted by atomic mass is 32.2. The Morgan fingerprint density at radius 1 is 1.10 bits per heavy atom. The summed E-state index contributed by atoms with van der Waals surface area (Å²) >= 11 is 0. The van der Waals surface area contributed by atoms with E-state index in [4.69, 9.17) is 9.84 Å². The third kappa shape index (κ3) is 5.01. The normalized spacial score (nSPS) is 11.1. The smallest absolute Gasteiger partial charge is 0.267 e. The van der Waals surface area contributed by atoms with Crippen LogP contribution in [0.3, 0.4) is 0 Å². The number of hydrogen-bond donors (Lipinski definition) is 3. The monoisotopic (exact) mass is 441 g/mol. The van der Waals surface area contributed by atoms with Gasteiger partial charge in [0.15, 0.2) is 4.90 Å². The van der Waals surface area contributed by atoms with Crippen LogP contribution in [0.4, 0.5) is 11.4 Å². The number of amides is 1. The first-order valence-corrected chi connectivity index (χ1v) is 10.9. The van der Waals surface area contributed by atoms with Crippen molar-refractivity contribution in [1.29, 1.82) is 0 Å². The number of ether oxygens (including phenoxy) is 1. The molecular weight excluding hydrogens is 418 g/mol. The molecule has 0 aliphatic carbocycles. The number of aliphatic hydroxyl groups is 1. The molecule has 3 rings (SSSR count). The number of rotatable bonds is 7. The number of hydrogen-bond acceptors (Lipinski definition) is 6. The maximum absolute atomic E-state index is 13.1. The summed E-state index contributed by atoms with van der Waals surface area (Å²) in [6, 6.07) is 13.1. The predicted molar refractivity (Wildman–Crippen MR) is 118 cm³/mol. The SMILES string of the molecule is COc1ncc(NC(=O)c2ccc(CO)cc2)cc1S(=O)(=O)Nc1c(C)cccc1C. The van der Waals surface area contributed by atoms with E-state index >= 15 is 0 Å². The number of aliphatic hydroxyl groups excluding tert-OH is 1. The van der Waals surface area contributed by atoms with Gasteiger partial charge in [0, 0.05) is 5.56 Å². The minimum absolute atomic E-state index is 0.0935. The van der Waals surface area contributed by atoms with Gasteiger partial charge in [0.25, 0.3) is 15.9 Å². The maximum Gasteiger partial charge on any atom is 0.267 e. The molecule has 0 radical (unpaired) electrons. The molecule has 3 N–H and O–H groups in total. The van der Waals surface area contributed by atoms with Crippen LogP contribution in [0.2, 0.25) is 0 Å². The molecule has 0 spiro atoms. The Hall–Kier alpha value is -3.43. The van der Waals surface area contributed by atoms with Crippen molar-refractivity contribution >= 4 is 27.3 Å². The molecule has 3 aromatic rings. The molecule has 8 nitrogen and oxygen atoms in total. The van der Waals surface area contributed by atoms with Crippen molar-refractivity contribution in [2.24, 2.45) is 0 Å². The van der Waals surface area contributed by atoms with Crippen molar-refractivity contribution in [3.63, 3.8) is 0 Å². The molecule has 9 heteroatoms. The summed E-state index contributed by atoms with van der Waals surface area (Å²) in [7, 11) is -2.73. The van der Waals surface area contributed by atoms with Gasteiger partial charge in [0.2, 0.25) is 5.88 Å². The number of pyridine rings is 1. The first-order chi connectivity index (χ1) is 14.7. The molecule has 0 bridgehead atoms. The number of para-hydroxylation sites is 1. The Labute approximate surface area is 181 Å². The Morgan fingerprint density at radius 3 is 2.32 bits per heavy atom. The maximum atomic E-state index is 13.1. The number of carbonyl (C=O) groups excluding carboxylic acids is 1. The quantitative estimate of drug-likeness (QED) is 0.518. The van der Waals surface area contributed by atoms with Crippen LogP contribution < -0.4 is 14.8 Å². The number of anilines is 2. The van der Waals surface area contributed by atoms with E-state index in [9.17, 15) is 13.2 Å². The van der Waals surface area contributed by atoms with Crippen molar-refractivity contribution in [3.05, 3.63) is 77.0 Å². The van der Waals surface area contributed by atoms with Crippen molar-refractivity contribution in [2.45, 2.75) is 25.3 Å². The molecule has 0 fully saturated rings. The number of sulfonamides is 1. The van der Waals surface area contributed by atoms with E-state index in [2.05, 4.69) is 15.0 Å². The fourth-order valence-electron chi connectivity index (χ4n) is 2.98. The topological polar surface area (TPSA) is 118 Å². The summed E-state index contributed by atoms with van der Waals surface area (Å²) < 4.78 is 33.9. The van der Waals surface area contributed by atoms with Crippen molar-refractivity contribution < 1.29 is 23.1 Å². The van der Waals surface area contributed by atoms with E-state index < -0.39 is 15.9 Å². The third-order valence-corrected chi connectivity index (χ3v) is 6.02. The van der Waals surface area contributed by atoms with Crippen LogP contribution >= 0.6 is 0 Å². The molecule has 162 valence electrons. The van der Waals surface area contributed by atoms with Gasteiger partial charge in [-0.05, 0) is 48.7 Å². The summed E-state index contributed by atoms with van der Waals surface area (Å²) in [6.45, 7) is 3.48. The lowest BCUT2D eigenvalue weighted by Crippen LogP contribution is -2.18. The lowest BCUT2D eigenvalue weighted by atomic mass is 10.1. The van der Waals surface area contributed by atoms with Gasteiger partial charge in [-0.25, -0.2) is 13.4 Å². The van der Waals surface area contributed by atoms with Crippen LogP contribution in [0.25, 0.3) is 0 Å². The second-order valence-corrected chi connectivity index (χ2v) is 8.56. The third-order valence-electron chi connectivity index (χ3n) is 4.68. The van der Waals surface area contributed by atoms with E-state index in [1.807, 2.05) is 6.07 Å². The van der Waals surface area contributed by atoms with Gasteiger partial charge < -0.3 is 15.2 Å². The number of methoxy groups -OCH3 is 1. The van der Waals surface area contributed by atoms with Gasteiger partial charge in [-0.1, -0.05) is 30.3 Å². The van der Waals surface area contributed by atoms with E-state index in [1.165, 1.54) is 19.4 Å². The molecule has 0 atom stereocenters. The molecule has 0 saturated carbocycles. The summed E-state index contributed by atoms with van der Waals surface area (Å²) in [5, 5.41) is 11.7. The van der Waals surface area contributed by atoms with Crippen LogP contribution in [0, 0.1) is 13.8 Å². The van der Waals surface area contributed by atoms with Gasteiger partial charge in [0.1, 0.15) is 0 Å². The zero-order valence-corrected chi connectivity index (χ0v) is 18.2. The largest absolute Gasteiger partial charge is 0.480 e. The van der Waals surface area contributed by atoms with Crippen molar-refractivity contribution in [3.8, 4) is 5.88 Å². The zero-order valence-electron chi connectivity index (χ0n) is 17.3. The molecule has 1 heterocycles. The highest BCUT2D eigenvalue weighted by molar-refractivity contribution is 7.92. The van der Waals surface area contributed by atoms with E-state index in [0.29, 0.717) is 16.8 Å². The number of aryl methyl sites for hydroxylation is 2. The summed E-state index contributed by atoms with van der Waals surface area (Å²) in [5.74, 6) is -0.536. The minimum Gasteiger partial charge on any atom is -0.480 e. The second kappa shape index (κ2) is 9.15. The molecular formula is C22H23N3O5S. The fraction of sp³-hybridized carbons (Fsp3) is 0.182. The minimum atomic E-state index is -4.05. The van der Waals surface area contributed by atoms with Crippen molar-refractivity contribution in [1.82, 2.24) is 4.98 Å². The number of benzene rings is 2. The molecule has 31 heavy (non-hydrogen) atoms. The van der Waals surface area contributed by atoms with Crippen LogP contribution in [-0.4, -0.2) is 31.5 Å². The lowest BCUT2D eigenvalue weighted by molar-refractivity contribution is 0.102. The first-order valence-electron chi connectivity index (χ1n) is 9.39. The molecule has 0 saturated heterocycles. The first kappa shape index (κ1) is 22.3. The average molecular weight is 442 g/mol. The summed E-state index contributed by atoms with van der Waals surface area (Å²) in [6.07, 6.45) is 1.32. The van der Waals surface area contributed by atoms with Crippen molar-refractivity contribution in [2.75, 3.05) is 17.1 Å². The molecule has 1 aromatic heterocycles. The molecule has 1 amide bonds. The number of nitrogens with one attached hydrogen (secondary N) is 2. The standard InChI is InChI=1S/C22H23N3O5S/c1-14-5-4-6-15(2)20(14)25-31(28,29)19-11-18(12-23-22(19)30-3)24-21(27)17-9-7-16(13-26)8-10-17/h4-12,25-26H,13H2,1-3H3,(H,24,27). The highest BCUT2D eigenvalue weighted by Crippen LogP contribution is 2.29. The molecule has 0 unspecified atom stereocenters. The Bertz CT molecular complexity index is 1190. The van der Waals surface area contributed by atoms with Gasteiger partial charge in [-0.3, -0.25) is 9.52 Å². The summed E-state index contributed by atoms with van der Waals surface area (Å²) in [4.78, 5) is 16.3. The van der Waals surface area contributed by atoms with Gasteiger partial charge in [-0.2, -0.15) is 0 Å². The molecule has 0 aliphatic heterocycles. The number of carbonyl (C=O) groups is 1. The Morgan fingerprint density at radius 2 is 1.74 bits per heavy atom. The van der Waals surface area contributed by atoms with Crippen LogP contribution in [0.15, 0.2) is 59.6 Å². The fourth-order valence-corrected chi connectivity index (χ4v) is 4.32. The van der Waals surface area contributed by atoms with Gasteiger partial charge >= 0.3 is 0 Å². The van der Waals surface area contributed by atoms with Gasteiger partial charge in [-0.15, -0.1) is 0 Å².